The van der Waals surface area contributed by atoms with Crippen LogP contribution in [0.5, 0.6) is 0 Å². The standard InChI is InChI=1S/C20H38N4O10S11/c25-7-39-9-29-19(27)23-5-37-15-43-13-35-3-22-2-32-34-12-42-18-45-16-38-6-24-20(28)30-10-41-17-44-14-36-4-21-1-31-33-11-40-8-26/h1-2,25-26H,3-18H2,(H,23,27)(H,24,28)/b21-1+,22-2+. The van der Waals surface area contributed by atoms with Gasteiger partial charge in [-0.25, -0.2) is 19.6 Å². The van der Waals surface area contributed by atoms with Crippen molar-refractivity contribution < 1.29 is 48.8 Å². The molecule has 0 aromatic heterocycles. The zero-order chi connectivity index (χ0) is 32.7. The molecule has 0 aromatic rings. The van der Waals surface area contributed by atoms with Crippen LogP contribution in [0.25, 0.3) is 0 Å². The van der Waals surface area contributed by atoms with Gasteiger partial charge in [0.25, 0.3) is 0 Å². The normalized spacial score (nSPS) is 11.2. The number of aliphatic imine (C=N–C) groups is 2. The smallest absolute Gasteiger partial charge is 0.408 e. The van der Waals surface area contributed by atoms with Crippen LogP contribution in [-0.2, 0) is 29.0 Å². The molecule has 0 aliphatic carbocycles. The van der Waals surface area contributed by atoms with Crippen LogP contribution in [0.4, 0.5) is 9.59 Å². The van der Waals surface area contributed by atoms with Crippen LogP contribution in [-0.4, -0.2) is 125 Å². The Balaban J connectivity index is 3.25. The van der Waals surface area contributed by atoms with E-state index in [0.717, 1.165) is 42.3 Å². The molecule has 0 saturated carbocycles. The number of carbonyl (C=O) groups excluding carboxylic acids is 2. The van der Waals surface area contributed by atoms with Crippen LogP contribution in [0.15, 0.2) is 9.98 Å². The first-order chi connectivity index (χ1) is 22.2. The Bertz CT molecular complexity index is 730. The lowest BCUT2D eigenvalue weighted by Crippen LogP contribution is -2.23. The fraction of sp³-hybridized carbons (Fsp3) is 0.800. The highest BCUT2D eigenvalue weighted by molar-refractivity contribution is 8.23. The van der Waals surface area contributed by atoms with E-state index in [0.29, 0.717) is 35.4 Å². The quantitative estimate of drug-likeness (QED) is 0.0153. The van der Waals surface area contributed by atoms with Crippen LogP contribution in [0.3, 0.4) is 0 Å². The second-order valence-electron chi connectivity index (χ2n) is 6.45. The van der Waals surface area contributed by atoms with Gasteiger partial charge in [-0.15, -0.1) is 118 Å². The van der Waals surface area contributed by atoms with Crippen molar-refractivity contribution in [3.63, 3.8) is 0 Å². The molecule has 0 saturated heterocycles. The number of nitrogens with zero attached hydrogens (tertiary/aromatic N) is 2. The summed E-state index contributed by atoms with van der Waals surface area (Å²) in [6.07, 6.45) is 1.61. The minimum absolute atomic E-state index is 0.0196. The predicted octanol–water partition coefficient (Wildman–Crippen LogP) is 5.76. The maximum absolute atomic E-state index is 11.7. The first-order valence-corrected chi connectivity index (χ1v) is 24.8. The zero-order valence-electron chi connectivity index (χ0n) is 24.0. The molecule has 0 aliphatic heterocycles. The summed E-state index contributed by atoms with van der Waals surface area (Å²) in [5.41, 5.74) is 0. The number of aliphatic hydroxyl groups excluding tert-OH is 2. The summed E-state index contributed by atoms with van der Waals surface area (Å²) in [6.45, 7) is 0. The molecule has 264 valence electrons. The Labute approximate surface area is 310 Å². The molecule has 0 heterocycles. The van der Waals surface area contributed by atoms with E-state index in [4.69, 9.17) is 34.3 Å². The monoisotopic (exact) mass is 846 g/mol. The SMILES string of the molecule is O=C(NCSCSCSC/N=C/OOCSCSCSCNC(=O)OCSCSCSC/N=C/OOCSCO)OCSCO. The Morgan fingerprint density at radius 2 is 0.933 bits per heavy atom. The van der Waals surface area contributed by atoms with Crippen molar-refractivity contribution in [1.29, 1.82) is 0 Å². The molecule has 0 aliphatic rings. The van der Waals surface area contributed by atoms with E-state index in [1.807, 2.05) is 0 Å². The van der Waals surface area contributed by atoms with Gasteiger partial charge in [0.15, 0.2) is 0 Å². The van der Waals surface area contributed by atoms with Gasteiger partial charge < -0.3 is 40.1 Å². The molecule has 0 rings (SSSR count). The number of rotatable bonds is 34. The van der Waals surface area contributed by atoms with E-state index in [1.54, 1.807) is 94.1 Å². The lowest BCUT2D eigenvalue weighted by atomic mass is 11.1. The second kappa shape index (κ2) is 41.3. The number of hydrogen-bond acceptors (Lipinski definition) is 23. The second-order valence-corrected chi connectivity index (χ2v) is 19.2. The first-order valence-electron chi connectivity index (χ1n) is 12.1. The molecule has 25 heteroatoms. The molecule has 0 radical (unpaired) electrons. The molecule has 2 amide bonds. The largest absolute Gasteiger partial charge is 0.438 e. The molecular formula is C20H38N4O10S11. The van der Waals surface area contributed by atoms with E-state index < -0.39 is 12.2 Å². The Morgan fingerprint density at radius 3 is 1.44 bits per heavy atom. The van der Waals surface area contributed by atoms with Gasteiger partial charge in [0.1, 0.15) is 23.8 Å². The van der Waals surface area contributed by atoms with E-state index in [1.165, 1.54) is 36.3 Å². The lowest BCUT2D eigenvalue weighted by Gasteiger charge is -2.06. The number of alkyl carbamates (subject to hydrolysis) is 2. The molecular weight excluding hydrogens is 809 g/mol. The summed E-state index contributed by atoms with van der Waals surface area (Å²) < 4.78 is 9.95. The Kier molecular flexibility index (Phi) is 42.4. The highest BCUT2D eigenvalue weighted by Crippen LogP contribution is 2.19. The van der Waals surface area contributed by atoms with E-state index in [9.17, 15) is 9.59 Å². The van der Waals surface area contributed by atoms with Crippen molar-refractivity contribution in [1.82, 2.24) is 10.6 Å². The summed E-state index contributed by atoms with van der Waals surface area (Å²) in [7, 11) is 0. The summed E-state index contributed by atoms with van der Waals surface area (Å²) in [5, 5.41) is 27.5. The van der Waals surface area contributed by atoms with Crippen LogP contribution in [0, 0.1) is 0 Å². The van der Waals surface area contributed by atoms with Gasteiger partial charge in [0.2, 0.25) is 12.8 Å². The summed E-state index contributed by atoms with van der Waals surface area (Å²) in [5.74, 6) is 3.02. The van der Waals surface area contributed by atoms with Gasteiger partial charge in [0, 0.05) is 30.5 Å². The number of carbonyl (C=O) groups is 2. The van der Waals surface area contributed by atoms with Crippen molar-refractivity contribution in [2.75, 3.05) is 89.6 Å². The topological polar surface area (TPSA) is 179 Å². The maximum Gasteiger partial charge on any atom is 0.408 e. The molecule has 0 atom stereocenters. The highest BCUT2D eigenvalue weighted by atomic mass is 32.2. The van der Waals surface area contributed by atoms with E-state index >= 15 is 0 Å². The molecule has 0 bridgehead atoms. The van der Waals surface area contributed by atoms with E-state index in [2.05, 4.69) is 25.5 Å². The average Bonchev–Trinajstić information content (AvgIpc) is 3.04. The Morgan fingerprint density at radius 1 is 0.533 bits per heavy atom. The van der Waals surface area contributed by atoms with Crippen molar-refractivity contribution >= 4 is 154 Å². The number of ether oxygens (including phenoxy) is 2. The van der Waals surface area contributed by atoms with Crippen LogP contribution < -0.4 is 10.6 Å². The zero-order valence-corrected chi connectivity index (χ0v) is 33.0. The summed E-state index contributed by atoms with van der Waals surface area (Å²) in [4.78, 5) is 50.4. The molecule has 0 unspecified atom stereocenters. The fourth-order valence-electron chi connectivity index (χ4n) is 1.68. The van der Waals surface area contributed by atoms with Gasteiger partial charge >= 0.3 is 12.2 Å². The number of hydrogen-bond donors (Lipinski definition) is 4. The number of nitrogens with one attached hydrogen (secondary N) is 2. The maximum atomic E-state index is 11.7. The number of aliphatic hydroxyl groups is 2. The van der Waals surface area contributed by atoms with Crippen LogP contribution in [0.2, 0.25) is 0 Å². The molecule has 45 heavy (non-hydrogen) atoms. The van der Waals surface area contributed by atoms with Crippen molar-refractivity contribution in [3.8, 4) is 0 Å². The fourth-order valence-corrected chi connectivity index (χ4v) is 10.5. The third kappa shape index (κ3) is 41.3. The molecule has 14 nitrogen and oxygen atoms in total. The lowest BCUT2D eigenvalue weighted by molar-refractivity contribution is -0.196. The van der Waals surface area contributed by atoms with E-state index in [-0.39, 0.29) is 23.8 Å². The minimum atomic E-state index is -0.488. The van der Waals surface area contributed by atoms with Gasteiger partial charge in [0.05, 0.1) is 35.4 Å². The molecule has 0 aromatic carbocycles. The third-order valence-electron chi connectivity index (χ3n) is 3.33. The van der Waals surface area contributed by atoms with Gasteiger partial charge in [-0.1, -0.05) is 11.8 Å². The molecule has 4 N–H and O–H groups in total. The summed E-state index contributed by atoms with van der Waals surface area (Å²) in [6, 6.07) is 0. The molecule has 0 spiro atoms. The minimum Gasteiger partial charge on any atom is -0.438 e. The van der Waals surface area contributed by atoms with Crippen LogP contribution >= 0.6 is 129 Å². The Hall–Kier alpha value is 1.17. The van der Waals surface area contributed by atoms with Crippen molar-refractivity contribution in [3.05, 3.63) is 0 Å². The van der Waals surface area contributed by atoms with Crippen LogP contribution in [0.1, 0.15) is 0 Å². The van der Waals surface area contributed by atoms with Crippen molar-refractivity contribution in [2.24, 2.45) is 9.98 Å². The van der Waals surface area contributed by atoms with Gasteiger partial charge in [-0.05, 0) is 0 Å². The average molecular weight is 847 g/mol. The van der Waals surface area contributed by atoms with Gasteiger partial charge in [-0.3, -0.25) is 0 Å². The number of amides is 2. The van der Waals surface area contributed by atoms with Crippen molar-refractivity contribution in [2.45, 2.75) is 0 Å². The predicted molar refractivity (Wildman–Crippen MR) is 206 cm³/mol. The molecule has 0 fully saturated rings. The van der Waals surface area contributed by atoms with Gasteiger partial charge in [-0.2, -0.15) is 9.78 Å². The highest BCUT2D eigenvalue weighted by Gasteiger charge is 2.02. The number of thioether (sulfide) groups is 11. The third-order valence-corrected chi connectivity index (χ3v) is 14.2. The summed E-state index contributed by atoms with van der Waals surface area (Å²) >= 11 is 17.0. The first kappa shape index (κ1) is 46.2.